The quantitative estimate of drug-likeness (QED) is 0.690. The predicted octanol–water partition coefficient (Wildman–Crippen LogP) is 3.48. The van der Waals surface area contributed by atoms with E-state index in [0.717, 1.165) is 34.9 Å². The molecule has 0 aliphatic heterocycles. The van der Waals surface area contributed by atoms with Crippen LogP contribution in [-0.2, 0) is 0 Å². The summed E-state index contributed by atoms with van der Waals surface area (Å²) in [6.45, 7) is 9.53. The lowest BCUT2D eigenvalue weighted by Gasteiger charge is -2.09. The minimum Gasteiger partial charge on any atom is -0.494 e. The summed E-state index contributed by atoms with van der Waals surface area (Å²) >= 11 is 6.13. The number of hydrogen-bond donors (Lipinski definition) is 1. The van der Waals surface area contributed by atoms with Crippen molar-refractivity contribution in [1.82, 2.24) is 0 Å². The summed E-state index contributed by atoms with van der Waals surface area (Å²) in [6.07, 6.45) is 4.94. The second kappa shape index (κ2) is 9.22. The van der Waals surface area contributed by atoms with Crippen LogP contribution in [0, 0.1) is 13.8 Å². The Bertz CT molecular complexity index is 356. The Hall–Kier alpha value is -0.730. The van der Waals surface area contributed by atoms with E-state index in [1.54, 1.807) is 0 Å². The highest BCUT2D eigenvalue weighted by molar-refractivity contribution is 6.32. The molecule has 2 nitrogen and oxygen atoms in total. The van der Waals surface area contributed by atoms with Gasteiger partial charge in [-0.2, -0.15) is 0 Å². The first kappa shape index (κ1) is 16.3. The van der Waals surface area contributed by atoms with Gasteiger partial charge in [-0.05, 0) is 56.4 Å². The zero-order valence-electron chi connectivity index (χ0n) is 12.5. The molecular formula is C16H27ClNO+. The average Bonchev–Trinajstić information content (AvgIpc) is 2.39. The molecule has 108 valence electrons. The van der Waals surface area contributed by atoms with Gasteiger partial charge in [0.05, 0.1) is 19.7 Å². The second-order valence-corrected chi connectivity index (χ2v) is 5.52. The number of unbranched alkanes of at least 4 members (excludes halogenated alkanes) is 2. The SMILES string of the molecule is CCCC[NH2+]CCCCOc1cc(C)c(Cl)c(C)c1. The smallest absolute Gasteiger partial charge is 0.119 e. The third-order valence-corrected chi connectivity index (χ3v) is 3.84. The standard InChI is InChI=1S/C16H26ClNO/c1-4-5-8-18-9-6-7-10-19-15-11-13(2)16(17)14(3)12-15/h11-12,18H,4-10H2,1-3H3/p+1. The first-order valence-corrected chi connectivity index (χ1v) is 7.74. The van der Waals surface area contributed by atoms with E-state index in [-0.39, 0.29) is 0 Å². The van der Waals surface area contributed by atoms with E-state index in [0.29, 0.717) is 0 Å². The van der Waals surface area contributed by atoms with Crippen LogP contribution in [0.1, 0.15) is 43.7 Å². The average molecular weight is 285 g/mol. The summed E-state index contributed by atoms with van der Waals surface area (Å²) in [4.78, 5) is 0. The molecule has 0 unspecified atom stereocenters. The first-order chi connectivity index (χ1) is 9.15. The Balaban J connectivity index is 2.16. The maximum atomic E-state index is 6.13. The van der Waals surface area contributed by atoms with Gasteiger partial charge in [0.2, 0.25) is 0 Å². The minimum atomic E-state index is 0.794. The maximum Gasteiger partial charge on any atom is 0.119 e. The number of hydrogen-bond acceptors (Lipinski definition) is 1. The molecule has 1 aromatic rings. The van der Waals surface area contributed by atoms with Crippen LogP contribution in [0.2, 0.25) is 5.02 Å². The van der Waals surface area contributed by atoms with Gasteiger partial charge in [-0.15, -0.1) is 0 Å². The molecule has 1 rings (SSSR count). The van der Waals surface area contributed by atoms with Crippen molar-refractivity contribution in [3.63, 3.8) is 0 Å². The molecule has 1 aromatic carbocycles. The van der Waals surface area contributed by atoms with E-state index in [4.69, 9.17) is 16.3 Å². The number of nitrogens with two attached hydrogens (primary N) is 1. The van der Waals surface area contributed by atoms with Crippen LogP contribution >= 0.6 is 11.6 Å². The van der Waals surface area contributed by atoms with Gasteiger partial charge in [0.25, 0.3) is 0 Å². The monoisotopic (exact) mass is 284 g/mol. The van der Waals surface area contributed by atoms with Crippen LogP contribution in [0.5, 0.6) is 5.75 Å². The molecule has 0 spiro atoms. The predicted molar refractivity (Wildman–Crippen MR) is 82.2 cm³/mol. The number of rotatable bonds is 9. The number of quaternary nitrogens is 1. The van der Waals surface area contributed by atoms with Gasteiger partial charge < -0.3 is 10.1 Å². The maximum absolute atomic E-state index is 6.13. The Morgan fingerprint density at radius 2 is 1.68 bits per heavy atom. The lowest BCUT2D eigenvalue weighted by atomic mass is 10.1. The molecule has 2 N–H and O–H groups in total. The van der Waals surface area contributed by atoms with Crippen molar-refractivity contribution in [2.45, 2.75) is 46.5 Å². The van der Waals surface area contributed by atoms with Crippen molar-refractivity contribution >= 4 is 11.6 Å². The number of halogens is 1. The number of benzene rings is 1. The number of ether oxygens (including phenoxy) is 1. The molecule has 0 amide bonds. The molecule has 0 saturated carbocycles. The van der Waals surface area contributed by atoms with Crippen LogP contribution in [0.4, 0.5) is 0 Å². The van der Waals surface area contributed by atoms with Crippen LogP contribution < -0.4 is 10.1 Å². The zero-order valence-corrected chi connectivity index (χ0v) is 13.2. The van der Waals surface area contributed by atoms with Gasteiger partial charge in [-0.25, -0.2) is 0 Å². The summed E-state index contributed by atoms with van der Waals surface area (Å²) in [7, 11) is 0. The zero-order chi connectivity index (χ0) is 14.1. The van der Waals surface area contributed by atoms with Crippen molar-refractivity contribution < 1.29 is 10.1 Å². The van der Waals surface area contributed by atoms with E-state index < -0.39 is 0 Å². The summed E-state index contributed by atoms with van der Waals surface area (Å²) in [6, 6.07) is 4.03. The van der Waals surface area contributed by atoms with Gasteiger partial charge in [-0.1, -0.05) is 24.9 Å². The molecule has 0 aliphatic carbocycles. The lowest BCUT2D eigenvalue weighted by Crippen LogP contribution is -2.84. The molecule has 0 bridgehead atoms. The molecule has 0 radical (unpaired) electrons. The molecular weight excluding hydrogens is 258 g/mol. The molecule has 0 saturated heterocycles. The summed E-state index contributed by atoms with van der Waals surface area (Å²) in [5, 5.41) is 3.25. The van der Waals surface area contributed by atoms with Crippen molar-refractivity contribution in [1.29, 1.82) is 0 Å². The second-order valence-electron chi connectivity index (χ2n) is 5.15. The minimum absolute atomic E-state index is 0.794. The Morgan fingerprint density at radius 1 is 1.05 bits per heavy atom. The molecule has 0 fully saturated rings. The van der Waals surface area contributed by atoms with Crippen molar-refractivity contribution in [2.24, 2.45) is 0 Å². The highest BCUT2D eigenvalue weighted by Gasteiger charge is 2.03. The van der Waals surface area contributed by atoms with Crippen molar-refractivity contribution in [3.05, 3.63) is 28.3 Å². The molecule has 0 aromatic heterocycles. The van der Waals surface area contributed by atoms with E-state index in [2.05, 4.69) is 12.2 Å². The largest absolute Gasteiger partial charge is 0.494 e. The first-order valence-electron chi connectivity index (χ1n) is 7.36. The van der Waals surface area contributed by atoms with Gasteiger partial charge in [0.15, 0.2) is 0 Å². The van der Waals surface area contributed by atoms with Gasteiger partial charge >= 0.3 is 0 Å². The Morgan fingerprint density at radius 3 is 2.32 bits per heavy atom. The summed E-state index contributed by atoms with van der Waals surface area (Å²) in [5.74, 6) is 0.939. The van der Waals surface area contributed by atoms with E-state index in [1.165, 1.54) is 32.4 Å². The van der Waals surface area contributed by atoms with Gasteiger partial charge in [0, 0.05) is 5.02 Å². The van der Waals surface area contributed by atoms with Crippen LogP contribution in [0.3, 0.4) is 0 Å². The highest BCUT2D eigenvalue weighted by Crippen LogP contribution is 2.25. The molecule has 0 heterocycles. The Kier molecular flexibility index (Phi) is 7.92. The third kappa shape index (κ3) is 6.31. The molecule has 19 heavy (non-hydrogen) atoms. The Labute approximate surface area is 122 Å². The molecule has 0 atom stereocenters. The summed E-state index contributed by atoms with van der Waals surface area (Å²) < 4.78 is 5.78. The number of aryl methyl sites for hydroxylation is 2. The van der Waals surface area contributed by atoms with Crippen LogP contribution in [-0.4, -0.2) is 19.7 Å². The van der Waals surface area contributed by atoms with E-state index in [1.807, 2.05) is 26.0 Å². The fourth-order valence-corrected chi connectivity index (χ4v) is 2.17. The fraction of sp³-hybridized carbons (Fsp3) is 0.625. The summed E-state index contributed by atoms with van der Waals surface area (Å²) in [5.41, 5.74) is 2.18. The van der Waals surface area contributed by atoms with E-state index in [9.17, 15) is 0 Å². The van der Waals surface area contributed by atoms with Gasteiger partial charge in [-0.3, -0.25) is 0 Å². The molecule has 0 aliphatic rings. The lowest BCUT2D eigenvalue weighted by molar-refractivity contribution is -0.655. The topological polar surface area (TPSA) is 25.8 Å². The van der Waals surface area contributed by atoms with Crippen molar-refractivity contribution in [3.8, 4) is 5.75 Å². The van der Waals surface area contributed by atoms with Crippen molar-refractivity contribution in [2.75, 3.05) is 19.7 Å². The van der Waals surface area contributed by atoms with E-state index >= 15 is 0 Å². The van der Waals surface area contributed by atoms with Crippen LogP contribution in [0.25, 0.3) is 0 Å². The molecule has 3 heteroatoms. The highest BCUT2D eigenvalue weighted by atomic mass is 35.5. The third-order valence-electron chi connectivity index (χ3n) is 3.24. The fourth-order valence-electron chi connectivity index (χ4n) is 2.06. The van der Waals surface area contributed by atoms with Crippen LogP contribution in [0.15, 0.2) is 12.1 Å². The normalized spacial score (nSPS) is 10.7. The van der Waals surface area contributed by atoms with Gasteiger partial charge in [0.1, 0.15) is 5.75 Å².